The monoisotopic (exact) mass is 377 g/mol. The molecule has 0 radical (unpaired) electrons. The highest BCUT2D eigenvalue weighted by molar-refractivity contribution is 7.96. The number of halogens is 3. The zero-order valence-electron chi connectivity index (χ0n) is 12.5. The van der Waals surface area contributed by atoms with E-state index in [-0.39, 0.29) is 5.69 Å². The molecule has 1 aromatic heterocycles. The second kappa shape index (κ2) is 7.71. The largest absolute Gasteiger partial charge is 0.422 e. The third-order valence-corrected chi connectivity index (χ3v) is 3.74. The molecule has 1 aromatic rings. The summed E-state index contributed by atoms with van der Waals surface area (Å²) < 4.78 is 32.2. The SMILES string of the molecule is CC(F)(F)Cn1cc(NC(=O)C2NC=C(/C=C/Cl)OS2)ccc1=O. The summed E-state index contributed by atoms with van der Waals surface area (Å²) >= 11 is 6.28. The molecule has 130 valence electrons. The molecule has 2 rings (SSSR count). The minimum atomic E-state index is -3.04. The minimum absolute atomic E-state index is 0.224. The zero-order valence-corrected chi connectivity index (χ0v) is 14.0. The van der Waals surface area contributed by atoms with Gasteiger partial charge >= 0.3 is 0 Å². The van der Waals surface area contributed by atoms with Crippen LogP contribution < -0.4 is 16.2 Å². The van der Waals surface area contributed by atoms with Crippen LogP contribution in [0.4, 0.5) is 14.5 Å². The van der Waals surface area contributed by atoms with E-state index in [0.717, 1.165) is 22.7 Å². The van der Waals surface area contributed by atoms with E-state index in [0.29, 0.717) is 12.7 Å². The van der Waals surface area contributed by atoms with Crippen molar-refractivity contribution in [2.45, 2.75) is 24.8 Å². The number of alkyl halides is 2. The molecule has 1 aliphatic heterocycles. The van der Waals surface area contributed by atoms with Crippen molar-refractivity contribution in [2.75, 3.05) is 5.32 Å². The second-order valence-electron chi connectivity index (χ2n) is 5.01. The number of nitrogens with one attached hydrogen (secondary N) is 2. The van der Waals surface area contributed by atoms with Gasteiger partial charge in [-0.1, -0.05) is 11.6 Å². The van der Waals surface area contributed by atoms with Crippen molar-refractivity contribution in [3.63, 3.8) is 0 Å². The average molecular weight is 378 g/mol. The first kappa shape index (κ1) is 18.3. The zero-order chi connectivity index (χ0) is 17.7. The lowest BCUT2D eigenvalue weighted by Crippen LogP contribution is -2.37. The number of aromatic nitrogens is 1. The third-order valence-electron chi connectivity index (χ3n) is 2.78. The first-order valence-electron chi connectivity index (χ1n) is 6.74. The summed E-state index contributed by atoms with van der Waals surface area (Å²) in [5.74, 6) is -3.06. The van der Waals surface area contributed by atoms with Crippen LogP contribution in [0.15, 0.2) is 46.7 Å². The Morgan fingerprint density at radius 1 is 1.58 bits per heavy atom. The quantitative estimate of drug-likeness (QED) is 0.772. The molecule has 0 spiro atoms. The summed E-state index contributed by atoms with van der Waals surface area (Å²) in [5.41, 5.74) is 0.909. The van der Waals surface area contributed by atoms with Gasteiger partial charge in [-0.15, -0.1) is 0 Å². The van der Waals surface area contributed by atoms with Crippen molar-refractivity contribution >= 4 is 35.2 Å². The summed E-state index contributed by atoms with van der Waals surface area (Å²) in [6.45, 7) is -0.0597. The van der Waals surface area contributed by atoms with Gasteiger partial charge in [0.05, 0.1) is 24.3 Å². The summed E-state index contributed by atoms with van der Waals surface area (Å²) in [6, 6.07) is 2.46. The van der Waals surface area contributed by atoms with E-state index in [1.165, 1.54) is 30.1 Å². The maximum Gasteiger partial charge on any atom is 0.263 e. The van der Waals surface area contributed by atoms with Crippen LogP contribution in [0.1, 0.15) is 6.92 Å². The van der Waals surface area contributed by atoms with Crippen LogP contribution in [0.2, 0.25) is 0 Å². The predicted molar refractivity (Wildman–Crippen MR) is 88.6 cm³/mol. The highest BCUT2D eigenvalue weighted by Crippen LogP contribution is 2.22. The van der Waals surface area contributed by atoms with Crippen molar-refractivity contribution in [3.05, 3.63) is 52.3 Å². The molecule has 0 fully saturated rings. The van der Waals surface area contributed by atoms with E-state index in [4.69, 9.17) is 15.8 Å². The van der Waals surface area contributed by atoms with Crippen LogP contribution in [0.25, 0.3) is 0 Å². The van der Waals surface area contributed by atoms with Gasteiger partial charge in [0.15, 0.2) is 11.1 Å². The molecule has 0 saturated carbocycles. The molecule has 1 unspecified atom stereocenters. The normalized spacial score (nSPS) is 17.8. The van der Waals surface area contributed by atoms with E-state index >= 15 is 0 Å². The maximum absolute atomic E-state index is 13.1. The van der Waals surface area contributed by atoms with Crippen molar-refractivity contribution < 1.29 is 17.8 Å². The molecular formula is C14H14ClF2N3O3S. The Bertz CT molecular complexity index is 731. The van der Waals surface area contributed by atoms with Gasteiger partial charge in [0.1, 0.15) is 0 Å². The Morgan fingerprint density at radius 3 is 2.92 bits per heavy atom. The van der Waals surface area contributed by atoms with Crippen molar-refractivity contribution in [2.24, 2.45) is 0 Å². The fraction of sp³-hybridized carbons (Fsp3) is 0.286. The smallest absolute Gasteiger partial charge is 0.263 e. The molecule has 1 amide bonds. The van der Waals surface area contributed by atoms with Crippen LogP contribution in [-0.4, -0.2) is 21.8 Å². The van der Waals surface area contributed by atoms with E-state index < -0.39 is 29.3 Å². The van der Waals surface area contributed by atoms with Crippen molar-refractivity contribution in [1.29, 1.82) is 0 Å². The first-order chi connectivity index (χ1) is 11.3. The minimum Gasteiger partial charge on any atom is -0.422 e. The van der Waals surface area contributed by atoms with Crippen LogP contribution >= 0.6 is 23.6 Å². The number of carbonyl (C=O) groups is 1. The highest BCUT2D eigenvalue weighted by atomic mass is 35.5. The summed E-state index contributed by atoms with van der Waals surface area (Å²) in [5, 5.41) is 4.59. The van der Waals surface area contributed by atoms with Crippen LogP contribution in [0.5, 0.6) is 0 Å². The highest BCUT2D eigenvalue weighted by Gasteiger charge is 2.25. The molecule has 0 aliphatic carbocycles. The van der Waals surface area contributed by atoms with Gasteiger partial charge in [0.2, 0.25) is 0 Å². The molecule has 24 heavy (non-hydrogen) atoms. The number of amides is 1. The van der Waals surface area contributed by atoms with Gasteiger partial charge < -0.3 is 19.4 Å². The lowest BCUT2D eigenvalue weighted by molar-refractivity contribution is -0.116. The Balaban J connectivity index is 2.05. The number of carbonyl (C=O) groups excluding carboxylic acids is 1. The van der Waals surface area contributed by atoms with E-state index in [9.17, 15) is 18.4 Å². The summed E-state index contributed by atoms with van der Waals surface area (Å²) in [6.07, 6.45) is 4.14. The van der Waals surface area contributed by atoms with Gasteiger partial charge in [-0.05, 0) is 12.1 Å². The third kappa shape index (κ3) is 5.27. The summed E-state index contributed by atoms with van der Waals surface area (Å²) in [4.78, 5) is 23.7. The Morgan fingerprint density at radius 2 is 2.33 bits per heavy atom. The van der Waals surface area contributed by atoms with Crippen LogP contribution in [-0.2, 0) is 15.5 Å². The topological polar surface area (TPSA) is 72.4 Å². The lowest BCUT2D eigenvalue weighted by Gasteiger charge is -2.21. The van der Waals surface area contributed by atoms with Crippen molar-refractivity contribution in [3.8, 4) is 0 Å². The van der Waals surface area contributed by atoms with E-state index in [2.05, 4.69) is 10.6 Å². The standard InChI is InChI=1S/C14H14ClF2N3O3S/c1-14(16,17)8-20-7-9(2-3-11(20)21)19-12(22)13-18-6-10(4-5-15)23-24-13/h2-7,13,18H,8H2,1H3,(H,19,22)/b5-4+. The molecule has 0 aromatic carbocycles. The fourth-order valence-corrected chi connectivity index (χ4v) is 2.51. The van der Waals surface area contributed by atoms with Gasteiger partial charge in [-0.25, -0.2) is 8.78 Å². The Labute approximate surface area is 145 Å². The van der Waals surface area contributed by atoms with Gasteiger partial charge in [0.25, 0.3) is 17.4 Å². The van der Waals surface area contributed by atoms with Gasteiger partial charge in [-0.2, -0.15) is 0 Å². The predicted octanol–water partition coefficient (Wildman–Crippen LogP) is 2.63. The first-order valence-corrected chi connectivity index (χ1v) is 7.98. The molecule has 2 N–H and O–H groups in total. The van der Waals surface area contributed by atoms with Crippen LogP contribution in [0.3, 0.4) is 0 Å². The summed E-state index contributed by atoms with van der Waals surface area (Å²) in [7, 11) is 0. The number of pyridine rings is 1. The molecular weight excluding hydrogens is 364 g/mol. The fourth-order valence-electron chi connectivity index (χ4n) is 1.81. The number of hydrogen-bond acceptors (Lipinski definition) is 5. The van der Waals surface area contributed by atoms with Crippen LogP contribution in [0, 0.1) is 0 Å². The number of nitrogens with zero attached hydrogens (tertiary/aromatic N) is 1. The Kier molecular flexibility index (Phi) is 5.89. The molecule has 1 atom stereocenters. The number of rotatable bonds is 5. The average Bonchev–Trinajstić information content (AvgIpc) is 2.50. The molecule has 10 heteroatoms. The molecule has 1 aliphatic rings. The van der Waals surface area contributed by atoms with Crippen molar-refractivity contribution in [1.82, 2.24) is 9.88 Å². The molecule has 6 nitrogen and oxygen atoms in total. The second-order valence-corrected chi connectivity index (χ2v) is 6.09. The number of anilines is 1. The molecule has 0 saturated heterocycles. The van der Waals surface area contributed by atoms with E-state index in [1.54, 1.807) is 0 Å². The van der Waals surface area contributed by atoms with E-state index in [1.807, 2.05) is 0 Å². The molecule has 0 bridgehead atoms. The lowest BCUT2D eigenvalue weighted by atomic mass is 10.3. The molecule has 2 heterocycles. The van der Waals surface area contributed by atoms with Gasteiger partial charge in [-0.3, -0.25) is 9.59 Å². The Hall–Kier alpha value is -2.00. The number of allylic oxidation sites excluding steroid dienone is 1. The van der Waals surface area contributed by atoms with Gasteiger partial charge in [0, 0.05) is 30.9 Å². The number of hydrogen-bond donors (Lipinski definition) is 2. The maximum atomic E-state index is 13.1.